The average Bonchev–Trinajstić information content (AvgIpc) is 2.76. The van der Waals surface area contributed by atoms with Gasteiger partial charge in [-0.2, -0.15) is 0 Å². The highest BCUT2D eigenvalue weighted by Crippen LogP contribution is 2.36. The molecule has 21 heavy (non-hydrogen) atoms. The Kier molecular flexibility index (Phi) is 4.69. The van der Waals surface area contributed by atoms with Crippen LogP contribution in [-0.2, 0) is 0 Å². The second kappa shape index (κ2) is 6.32. The van der Waals surface area contributed by atoms with E-state index in [1.54, 1.807) is 0 Å². The maximum Gasteiger partial charge on any atom is 0.251 e. The van der Waals surface area contributed by atoms with Gasteiger partial charge in [0, 0.05) is 17.2 Å². The fraction of sp³-hybridized carbons (Fsp3) is 0.500. The van der Waals surface area contributed by atoms with Crippen LogP contribution in [0, 0.1) is 24.2 Å². The second-order valence-electron chi connectivity index (χ2n) is 6.61. The molecule has 1 atom stereocenters. The Balaban J connectivity index is 2.05. The van der Waals surface area contributed by atoms with E-state index < -0.39 is 0 Å². The molecule has 0 heterocycles. The van der Waals surface area contributed by atoms with Crippen LogP contribution in [0.2, 0.25) is 0 Å². The summed E-state index contributed by atoms with van der Waals surface area (Å²) in [5.74, 6) is 5.87. The molecule has 0 saturated heterocycles. The predicted octanol–water partition coefficient (Wildman–Crippen LogP) is 2.61. The standard InChI is InChI=1S/C18H24N2O/c1-13-11-15(7-6-14(13)5-4-10-19)17(21)20-16-8-9-18(2,3)12-16/h6-7,11,16H,8-10,12,19H2,1-3H3,(H,20,21). The Bertz CT molecular complexity index is 593. The molecule has 0 bridgehead atoms. The molecule has 2 rings (SSSR count). The maximum absolute atomic E-state index is 12.3. The molecule has 1 unspecified atom stereocenters. The molecule has 112 valence electrons. The van der Waals surface area contributed by atoms with Crippen molar-refractivity contribution in [1.29, 1.82) is 0 Å². The number of rotatable bonds is 2. The summed E-state index contributed by atoms with van der Waals surface area (Å²) >= 11 is 0. The fourth-order valence-corrected chi connectivity index (χ4v) is 2.92. The minimum atomic E-state index is 0.0131. The number of hydrogen-bond donors (Lipinski definition) is 2. The van der Waals surface area contributed by atoms with Gasteiger partial charge < -0.3 is 11.1 Å². The van der Waals surface area contributed by atoms with Crippen molar-refractivity contribution in [3.63, 3.8) is 0 Å². The molecule has 1 aliphatic rings. The molecule has 1 saturated carbocycles. The van der Waals surface area contributed by atoms with Crippen molar-refractivity contribution in [2.24, 2.45) is 11.1 Å². The SMILES string of the molecule is Cc1cc(C(=O)NC2CCC(C)(C)C2)ccc1C#CCN. The number of aryl methyl sites for hydroxylation is 1. The van der Waals surface area contributed by atoms with Crippen LogP contribution in [0.15, 0.2) is 18.2 Å². The molecule has 0 radical (unpaired) electrons. The second-order valence-corrected chi connectivity index (χ2v) is 6.61. The van der Waals surface area contributed by atoms with Gasteiger partial charge in [-0.15, -0.1) is 0 Å². The summed E-state index contributed by atoms with van der Waals surface area (Å²) in [6.07, 6.45) is 3.29. The molecule has 3 nitrogen and oxygen atoms in total. The average molecular weight is 284 g/mol. The first-order valence-corrected chi connectivity index (χ1v) is 7.52. The molecule has 0 aliphatic heterocycles. The third-order valence-electron chi connectivity index (χ3n) is 4.12. The van der Waals surface area contributed by atoms with Crippen LogP contribution in [0.1, 0.15) is 54.6 Å². The van der Waals surface area contributed by atoms with Gasteiger partial charge in [0.05, 0.1) is 6.54 Å². The highest BCUT2D eigenvalue weighted by molar-refractivity contribution is 5.94. The molecule has 1 aliphatic carbocycles. The van der Waals surface area contributed by atoms with Crippen LogP contribution < -0.4 is 11.1 Å². The van der Waals surface area contributed by atoms with Gasteiger partial charge in [-0.05, 0) is 55.4 Å². The van der Waals surface area contributed by atoms with E-state index in [1.807, 2.05) is 25.1 Å². The van der Waals surface area contributed by atoms with E-state index in [1.165, 1.54) is 6.42 Å². The first kappa shape index (κ1) is 15.6. The summed E-state index contributed by atoms with van der Waals surface area (Å²) in [7, 11) is 0. The summed E-state index contributed by atoms with van der Waals surface area (Å²) in [5, 5.41) is 3.15. The van der Waals surface area contributed by atoms with Crippen LogP contribution in [0.5, 0.6) is 0 Å². The molecule has 1 fully saturated rings. The number of amides is 1. The normalized spacial score (nSPS) is 19.7. The number of carbonyl (C=O) groups excluding carboxylic acids is 1. The molecule has 1 aromatic carbocycles. The number of carbonyl (C=O) groups is 1. The minimum Gasteiger partial charge on any atom is -0.349 e. The van der Waals surface area contributed by atoms with E-state index in [2.05, 4.69) is 31.0 Å². The zero-order valence-electron chi connectivity index (χ0n) is 13.1. The zero-order valence-corrected chi connectivity index (χ0v) is 13.1. The van der Waals surface area contributed by atoms with Crippen LogP contribution in [-0.4, -0.2) is 18.5 Å². The van der Waals surface area contributed by atoms with Gasteiger partial charge in [-0.3, -0.25) is 4.79 Å². The Hall–Kier alpha value is -1.79. The quantitative estimate of drug-likeness (QED) is 0.820. The van der Waals surface area contributed by atoms with Gasteiger partial charge >= 0.3 is 0 Å². The molecule has 3 N–H and O–H groups in total. The summed E-state index contributed by atoms with van der Waals surface area (Å²) < 4.78 is 0. The smallest absolute Gasteiger partial charge is 0.251 e. The number of nitrogens with one attached hydrogen (secondary N) is 1. The minimum absolute atomic E-state index is 0.0131. The Morgan fingerprint density at radius 1 is 1.48 bits per heavy atom. The highest BCUT2D eigenvalue weighted by atomic mass is 16.1. The van der Waals surface area contributed by atoms with Gasteiger partial charge in [0.15, 0.2) is 0 Å². The van der Waals surface area contributed by atoms with Crippen molar-refractivity contribution in [3.05, 3.63) is 34.9 Å². The van der Waals surface area contributed by atoms with Crippen molar-refractivity contribution < 1.29 is 4.79 Å². The van der Waals surface area contributed by atoms with E-state index in [0.717, 1.165) is 24.0 Å². The highest BCUT2D eigenvalue weighted by Gasteiger charge is 2.31. The molecular weight excluding hydrogens is 260 g/mol. The topological polar surface area (TPSA) is 55.1 Å². The van der Waals surface area contributed by atoms with Crippen molar-refractivity contribution in [1.82, 2.24) is 5.32 Å². The van der Waals surface area contributed by atoms with Crippen LogP contribution in [0.4, 0.5) is 0 Å². The first-order chi connectivity index (χ1) is 9.91. The van der Waals surface area contributed by atoms with Crippen molar-refractivity contribution in [2.45, 2.75) is 46.1 Å². The maximum atomic E-state index is 12.3. The summed E-state index contributed by atoms with van der Waals surface area (Å²) in [6.45, 7) is 6.83. The largest absolute Gasteiger partial charge is 0.349 e. The third-order valence-corrected chi connectivity index (χ3v) is 4.12. The van der Waals surface area contributed by atoms with Gasteiger partial charge in [-0.1, -0.05) is 25.7 Å². The van der Waals surface area contributed by atoms with E-state index in [4.69, 9.17) is 5.73 Å². The molecule has 1 amide bonds. The first-order valence-electron chi connectivity index (χ1n) is 7.52. The van der Waals surface area contributed by atoms with E-state index in [9.17, 15) is 4.79 Å². The van der Waals surface area contributed by atoms with Crippen LogP contribution in [0.3, 0.4) is 0 Å². The lowest BCUT2D eigenvalue weighted by Gasteiger charge is -2.18. The molecule has 0 spiro atoms. The Labute approximate surface area is 127 Å². The Morgan fingerprint density at radius 3 is 2.81 bits per heavy atom. The number of benzene rings is 1. The van der Waals surface area contributed by atoms with E-state index >= 15 is 0 Å². The Morgan fingerprint density at radius 2 is 2.24 bits per heavy atom. The third kappa shape index (κ3) is 4.09. The van der Waals surface area contributed by atoms with Crippen LogP contribution in [0.25, 0.3) is 0 Å². The lowest BCUT2D eigenvalue weighted by molar-refractivity contribution is 0.0936. The molecule has 0 aromatic heterocycles. The van der Waals surface area contributed by atoms with Gasteiger partial charge in [0.25, 0.3) is 5.91 Å². The summed E-state index contributed by atoms with van der Waals surface area (Å²) in [6, 6.07) is 5.93. The van der Waals surface area contributed by atoms with Gasteiger partial charge in [-0.25, -0.2) is 0 Å². The lowest BCUT2D eigenvalue weighted by Crippen LogP contribution is -2.33. The number of hydrogen-bond acceptors (Lipinski definition) is 2. The van der Waals surface area contributed by atoms with Crippen molar-refractivity contribution in [2.75, 3.05) is 6.54 Å². The molecule has 1 aromatic rings. The fourth-order valence-electron chi connectivity index (χ4n) is 2.92. The van der Waals surface area contributed by atoms with Crippen molar-refractivity contribution in [3.8, 4) is 11.8 Å². The zero-order chi connectivity index (χ0) is 15.5. The summed E-state index contributed by atoms with van der Waals surface area (Å²) in [4.78, 5) is 12.3. The summed E-state index contributed by atoms with van der Waals surface area (Å²) in [5.41, 5.74) is 8.37. The number of nitrogens with two attached hydrogens (primary N) is 1. The lowest BCUT2D eigenvalue weighted by atomic mass is 9.92. The van der Waals surface area contributed by atoms with Gasteiger partial charge in [0.2, 0.25) is 0 Å². The predicted molar refractivity (Wildman–Crippen MR) is 86.0 cm³/mol. The molecule has 3 heteroatoms. The van der Waals surface area contributed by atoms with Crippen LogP contribution >= 0.6 is 0 Å². The monoisotopic (exact) mass is 284 g/mol. The molecular formula is C18H24N2O. The van der Waals surface area contributed by atoms with Gasteiger partial charge in [0.1, 0.15) is 0 Å². The van der Waals surface area contributed by atoms with E-state index in [0.29, 0.717) is 23.6 Å². The van der Waals surface area contributed by atoms with Crippen molar-refractivity contribution >= 4 is 5.91 Å². The van der Waals surface area contributed by atoms with E-state index in [-0.39, 0.29) is 5.91 Å².